The molecule has 0 aromatic heterocycles. The van der Waals surface area contributed by atoms with Crippen molar-refractivity contribution in [1.29, 1.82) is 0 Å². The van der Waals surface area contributed by atoms with Gasteiger partial charge in [0.05, 0.1) is 6.61 Å². The molecule has 122 valence electrons. The Bertz CT molecular complexity index is 541. The minimum Gasteiger partial charge on any atom is -0.493 e. The van der Waals surface area contributed by atoms with Gasteiger partial charge in [-0.2, -0.15) is 13.2 Å². The Kier molecular flexibility index (Phi) is 4.57. The molecule has 2 nitrogen and oxygen atoms in total. The molecule has 2 rings (SSSR count). The first-order valence-electron chi connectivity index (χ1n) is 7.43. The van der Waals surface area contributed by atoms with Crippen LogP contribution in [0.5, 0.6) is 5.75 Å². The van der Waals surface area contributed by atoms with E-state index in [0.717, 1.165) is 12.0 Å². The van der Waals surface area contributed by atoms with Crippen molar-refractivity contribution in [3.63, 3.8) is 0 Å². The van der Waals surface area contributed by atoms with Crippen LogP contribution in [0.25, 0.3) is 0 Å². The Morgan fingerprint density at radius 1 is 1.36 bits per heavy atom. The summed E-state index contributed by atoms with van der Waals surface area (Å²) in [6, 6.07) is 7.15. The SMILES string of the molecule is C=CC(O)(CC1(CCC)CCOc2ccccc21)C(F)(F)F. The highest BCUT2D eigenvalue weighted by Gasteiger charge is 2.56. The van der Waals surface area contributed by atoms with Crippen molar-refractivity contribution < 1.29 is 23.0 Å². The number of fused-ring (bicyclic) bond motifs is 1. The molecule has 0 aliphatic carbocycles. The van der Waals surface area contributed by atoms with Gasteiger partial charge in [-0.3, -0.25) is 0 Å². The van der Waals surface area contributed by atoms with Crippen molar-refractivity contribution in [3.8, 4) is 5.75 Å². The average Bonchev–Trinajstić information content (AvgIpc) is 2.47. The molecule has 0 saturated carbocycles. The summed E-state index contributed by atoms with van der Waals surface area (Å²) < 4.78 is 45.5. The Hall–Kier alpha value is -1.49. The largest absolute Gasteiger partial charge is 0.493 e. The molecule has 1 aliphatic rings. The molecular weight excluding hydrogens is 293 g/mol. The molecule has 0 spiro atoms. The average molecular weight is 314 g/mol. The number of halogens is 3. The van der Waals surface area contributed by atoms with Crippen molar-refractivity contribution in [2.75, 3.05) is 6.61 Å². The fraction of sp³-hybridized carbons (Fsp3) is 0.529. The minimum absolute atomic E-state index is 0.349. The van der Waals surface area contributed by atoms with Gasteiger partial charge in [0.25, 0.3) is 0 Å². The Morgan fingerprint density at radius 2 is 2.05 bits per heavy atom. The lowest BCUT2D eigenvalue weighted by Crippen LogP contribution is -2.50. The third-order valence-electron chi connectivity index (χ3n) is 4.46. The lowest BCUT2D eigenvalue weighted by atomic mass is 9.66. The van der Waals surface area contributed by atoms with Crippen LogP contribution in [0, 0.1) is 0 Å². The number of alkyl halides is 3. The maximum Gasteiger partial charge on any atom is 0.420 e. The number of aliphatic hydroxyl groups is 1. The zero-order chi connectivity index (χ0) is 16.4. The number of rotatable bonds is 5. The highest BCUT2D eigenvalue weighted by molar-refractivity contribution is 5.42. The van der Waals surface area contributed by atoms with Gasteiger partial charge in [-0.1, -0.05) is 44.2 Å². The third-order valence-corrected chi connectivity index (χ3v) is 4.46. The monoisotopic (exact) mass is 314 g/mol. The topological polar surface area (TPSA) is 29.5 Å². The van der Waals surface area contributed by atoms with Crippen molar-refractivity contribution in [3.05, 3.63) is 42.5 Å². The molecule has 2 atom stereocenters. The molecule has 2 unspecified atom stereocenters. The van der Waals surface area contributed by atoms with Crippen molar-refractivity contribution >= 4 is 0 Å². The number of hydrogen-bond donors (Lipinski definition) is 1. The second-order valence-electron chi connectivity index (χ2n) is 5.93. The smallest absolute Gasteiger partial charge is 0.420 e. The molecule has 0 saturated heterocycles. The summed E-state index contributed by atoms with van der Waals surface area (Å²) in [6.07, 6.45) is -2.84. The summed E-state index contributed by atoms with van der Waals surface area (Å²) in [6.45, 7) is 5.49. The molecule has 1 N–H and O–H groups in total. The first-order valence-corrected chi connectivity index (χ1v) is 7.43. The van der Waals surface area contributed by atoms with Crippen molar-refractivity contribution in [2.45, 2.75) is 49.8 Å². The third kappa shape index (κ3) is 2.86. The summed E-state index contributed by atoms with van der Waals surface area (Å²) >= 11 is 0. The molecule has 1 aromatic carbocycles. The quantitative estimate of drug-likeness (QED) is 0.818. The van der Waals surface area contributed by atoms with Crippen LogP contribution in [-0.4, -0.2) is 23.5 Å². The molecule has 22 heavy (non-hydrogen) atoms. The Labute approximate surface area is 128 Å². The van der Waals surface area contributed by atoms with Crippen LogP contribution in [0.2, 0.25) is 0 Å². The predicted octanol–water partition coefficient (Wildman–Crippen LogP) is 4.38. The van der Waals surface area contributed by atoms with E-state index in [-0.39, 0.29) is 0 Å². The zero-order valence-electron chi connectivity index (χ0n) is 12.6. The molecule has 1 aromatic rings. The van der Waals surface area contributed by atoms with Crippen LogP contribution < -0.4 is 4.74 Å². The summed E-state index contributed by atoms with van der Waals surface area (Å²) in [5, 5.41) is 10.1. The number of ether oxygens (including phenoxy) is 1. The molecule has 0 amide bonds. The normalized spacial score (nSPS) is 24.0. The predicted molar refractivity (Wildman–Crippen MR) is 79.0 cm³/mol. The van der Waals surface area contributed by atoms with Crippen molar-refractivity contribution in [1.82, 2.24) is 0 Å². The molecule has 5 heteroatoms. The molecule has 1 aliphatic heterocycles. The van der Waals surface area contributed by atoms with Gasteiger partial charge in [0.1, 0.15) is 5.75 Å². The standard InChI is InChI=1S/C17H21F3O2/c1-3-9-15(12-16(21,4-2)17(18,19)20)10-11-22-14-8-6-5-7-13(14)15/h4-8,21H,2-3,9-12H2,1H3. The van der Waals surface area contributed by atoms with E-state index >= 15 is 0 Å². The van der Waals surface area contributed by atoms with E-state index in [2.05, 4.69) is 6.58 Å². The maximum atomic E-state index is 13.3. The number of para-hydroxylation sites is 1. The number of benzene rings is 1. The molecule has 1 heterocycles. The molecular formula is C17H21F3O2. The van der Waals surface area contributed by atoms with Gasteiger partial charge in [-0.05, 0) is 25.3 Å². The van der Waals surface area contributed by atoms with E-state index in [9.17, 15) is 18.3 Å². The van der Waals surface area contributed by atoms with Crippen LogP contribution in [0.1, 0.15) is 38.2 Å². The molecule has 0 radical (unpaired) electrons. The second kappa shape index (κ2) is 5.95. The van der Waals surface area contributed by atoms with Crippen LogP contribution >= 0.6 is 0 Å². The van der Waals surface area contributed by atoms with E-state index < -0.39 is 23.6 Å². The fourth-order valence-corrected chi connectivity index (χ4v) is 3.34. The van der Waals surface area contributed by atoms with Gasteiger partial charge in [0, 0.05) is 11.0 Å². The van der Waals surface area contributed by atoms with Gasteiger partial charge in [-0.25, -0.2) is 0 Å². The fourth-order valence-electron chi connectivity index (χ4n) is 3.34. The van der Waals surface area contributed by atoms with Crippen LogP contribution in [0.4, 0.5) is 13.2 Å². The highest BCUT2D eigenvalue weighted by Crippen LogP contribution is 2.50. The summed E-state index contributed by atoms with van der Waals surface area (Å²) in [7, 11) is 0. The first kappa shape index (κ1) is 16.9. The minimum atomic E-state index is -4.75. The lowest BCUT2D eigenvalue weighted by Gasteiger charge is -2.43. The molecule has 0 fully saturated rings. The van der Waals surface area contributed by atoms with Gasteiger partial charge in [-0.15, -0.1) is 0 Å². The van der Waals surface area contributed by atoms with Gasteiger partial charge in [0.15, 0.2) is 5.60 Å². The van der Waals surface area contributed by atoms with Crippen molar-refractivity contribution in [2.24, 2.45) is 0 Å². The lowest BCUT2D eigenvalue weighted by molar-refractivity contribution is -0.247. The van der Waals surface area contributed by atoms with E-state index in [1.807, 2.05) is 6.92 Å². The van der Waals surface area contributed by atoms with Crippen LogP contribution in [-0.2, 0) is 5.41 Å². The summed E-state index contributed by atoms with van der Waals surface area (Å²) in [4.78, 5) is 0. The van der Waals surface area contributed by atoms with E-state index in [0.29, 0.717) is 31.3 Å². The van der Waals surface area contributed by atoms with Gasteiger partial charge < -0.3 is 9.84 Å². The van der Waals surface area contributed by atoms with Crippen LogP contribution in [0.3, 0.4) is 0 Å². The van der Waals surface area contributed by atoms with E-state index in [4.69, 9.17) is 4.74 Å². The van der Waals surface area contributed by atoms with E-state index in [1.54, 1.807) is 24.3 Å². The Balaban J connectivity index is 2.49. The second-order valence-corrected chi connectivity index (χ2v) is 5.93. The number of hydrogen-bond acceptors (Lipinski definition) is 2. The van der Waals surface area contributed by atoms with Crippen LogP contribution in [0.15, 0.2) is 36.9 Å². The Morgan fingerprint density at radius 3 is 2.64 bits per heavy atom. The summed E-state index contributed by atoms with van der Waals surface area (Å²) in [5.41, 5.74) is -2.91. The highest BCUT2D eigenvalue weighted by atomic mass is 19.4. The van der Waals surface area contributed by atoms with Gasteiger partial charge >= 0.3 is 6.18 Å². The van der Waals surface area contributed by atoms with Gasteiger partial charge in [0.2, 0.25) is 0 Å². The summed E-state index contributed by atoms with van der Waals surface area (Å²) in [5.74, 6) is 0.607. The first-order chi connectivity index (χ1) is 10.3. The van der Waals surface area contributed by atoms with E-state index in [1.165, 1.54) is 0 Å². The zero-order valence-corrected chi connectivity index (χ0v) is 12.6. The molecule has 0 bridgehead atoms. The maximum absolute atomic E-state index is 13.3.